The summed E-state index contributed by atoms with van der Waals surface area (Å²) >= 11 is 0. The smallest absolute Gasteiger partial charge is 0.0585 e. The third-order valence-corrected chi connectivity index (χ3v) is 1.78. The SMILES string of the molecule is CNCCC(CC(C)C)OC. The van der Waals surface area contributed by atoms with Crippen LogP contribution >= 0.6 is 0 Å². The molecule has 0 saturated heterocycles. The molecule has 0 aromatic rings. The molecule has 0 saturated carbocycles. The van der Waals surface area contributed by atoms with Gasteiger partial charge in [0, 0.05) is 7.11 Å². The van der Waals surface area contributed by atoms with Crippen LogP contribution in [0, 0.1) is 5.92 Å². The summed E-state index contributed by atoms with van der Waals surface area (Å²) in [6, 6.07) is 0. The van der Waals surface area contributed by atoms with Crippen molar-refractivity contribution in [1.29, 1.82) is 0 Å². The Morgan fingerprint density at radius 1 is 1.36 bits per heavy atom. The molecule has 0 amide bonds. The fraction of sp³-hybridized carbons (Fsp3) is 1.00. The van der Waals surface area contributed by atoms with Gasteiger partial charge in [-0.05, 0) is 32.4 Å². The van der Waals surface area contributed by atoms with Crippen molar-refractivity contribution in [2.45, 2.75) is 32.8 Å². The molecule has 0 heterocycles. The predicted octanol–water partition coefficient (Wildman–Crippen LogP) is 1.66. The summed E-state index contributed by atoms with van der Waals surface area (Å²) in [6.45, 7) is 5.50. The Bertz CT molecular complexity index is 83.6. The van der Waals surface area contributed by atoms with Crippen LogP contribution in [0.2, 0.25) is 0 Å². The Balaban J connectivity index is 3.41. The molecule has 2 heteroatoms. The van der Waals surface area contributed by atoms with Crippen LogP contribution < -0.4 is 5.32 Å². The molecular formula is C9H21NO. The first-order valence-corrected chi connectivity index (χ1v) is 4.38. The highest BCUT2D eigenvalue weighted by Crippen LogP contribution is 2.09. The van der Waals surface area contributed by atoms with Gasteiger partial charge in [-0.25, -0.2) is 0 Å². The van der Waals surface area contributed by atoms with E-state index in [1.165, 1.54) is 0 Å². The number of nitrogens with one attached hydrogen (secondary N) is 1. The molecule has 1 atom stereocenters. The second-order valence-corrected chi connectivity index (χ2v) is 3.38. The van der Waals surface area contributed by atoms with Crippen LogP contribution in [0.15, 0.2) is 0 Å². The van der Waals surface area contributed by atoms with Crippen molar-refractivity contribution in [2.75, 3.05) is 20.7 Å². The van der Waals surface area contributed by atoms with Gasteiger partial charge < -0.3 is 10.1 Å². The summed E-state index contributed by atoms with van der Waals surface area (Å²) < 4.78 is 5.32. The van der Waals surface area contributed by atoms with Gasteiger partial charge in [-0.3, -0.25) is 0 Å². The summed E-state index contributed by atoms with van der Waals surface area (Å²) in [4.78, 5) is 0. The quantitative estimate of drug-likeness (QED) is 0.636. The second-order valence-electron chi connectivity index (χ2n) is 3.38. The largest absolute Gasteiger partial charge is 0.381 e. The van der Waals surface area contributed by atoms with E-state index in [-0.39, 0.29) is 0 Å². The highest BCUT2D eigenvalue weighted by atomic mass is 16.5. The molecule has 11 heavy (non-hydrogen) atoms. The zero-order valence-corrected chi connectivity index (χ0v) is 8.18. The highest BCUT2D eigenvalue weighted by molar-refractivity contribution is 4.61. The van der Waals surface area contributed by atoms with Gasteiger partial charge in [-0.1, -0.05) is 13.8 Å². The summed E-state index contributed by atoms with van der Waals surface area (Å²) in [5.74, 6) is 0.733. The van der Waals surface area contributed by atoms with Crippen LogP contribution in [0.25, 0.3) is 0 Å². The average molecular weight is 159 g/mol. The summed E-state index contributed by atoms with van der Waals surface area (Å²) in [6.07, 6.45) is 2.71. The topological polar surface area (TPSA) is 21.3 Å². The van der Waals surface area contributed by atoms with Crippen LogP contribution in [0.4, 0.5) is 0 Å². The van der Waals surface area contributed by atoms with E-state index in [0.29, 0.717) is 6.10 Å². The van der Waals surface area contributed by atoms with Crippen molar-refractivity contribution in [1.82, 2.24) is 5.32 Å². The van der Waals surface area contributed by atoms with Crippen LogP contribution in [0.1, 0.15) is 26.7 Å². The molecule has 0 aromatic heterocycles. The van der Waals surface area contributed by atoms with Crippen LogP contribution in [0.5, 0.6) is 0 Å². The average Bonchev–Trinajstić information content (AvgIpc) is 1.97. The predicted molar refractivity (Wildman–Crippen MR) is 48.8 cm³/mol. The molecule has 2 nitrogen and oxygen atoms in total. The van der Waals surface area contributed by atoms with E-state index in [2.05, 4.69) is 19.2 Å². The van der Waals surface area contributed by atoms with Crippen LogP contribution in [-0.4, -0.2) is 26.8 Å². The van der Waals surface area contributed by atoms with Gasteiger partial charge in [0.25, 0.3) is 0 Å². The van der Waals surface area contributed by atoms with E-state index < -0.39 is 0 Å². The monoisotopic (exact) mass is 159 g/mol. The van der Waals surface area contributed by atoms with Crippen LogP contribution in [-0.2, 0) is 4.74 Å². The molecule has 0 radical (unpaired) electrons. The molecule has 0 aliphatic carbocycles. The van der Waals surface area contributed by atoms with Gasteiger partial charge in [0.05, 0.1) is 6.10 Å². The van der Waals surface area contributed by atoms with Gasteiger partial charge in [-0.2, -0.15) is 0 Å². The Morgan fingerprint density at radius 2 is 2.00 bits per heavy atom. The minimum Gasteiger partial charge on any atom is -0.381 e. The summed E-state index contributed by atoms with van der Waals surface area (Å²) in [5.41, 5.74) is 0. The maximum Gasteiger partial charge on any atom is 0.0585 e. The van der Waals surface area contributed by atoms with E-state index in [9.17, 15) is 0 Å². The van der Waals surface area contributed by atoms with E-state index in [0.717, 1.165) is 25.3 Å². The molecule has 0 aromatic carbocycles. The van der Waals surface area contributed by atoms with Crippen molar-refractivity contribution in [3.63, 3.8) is 0 Å². The zero-order chi connectivity index (χ0) is 8.69. The summed E-state index contributed by atoms with van der Waals surface area (Å²) in [7, 11) is 3.77. The van der Waals surface area contributed by atoms with Crippen molar-refractivity contribution in [3.8, 4) is 0 Å². The molecule has 68 valence electrons. The van der Waals surface area contributed by atoms with Crippen molar-refractivity contribution < 1.29 is 4.74 Å². The Morgan fingerprint density at radius 3 is 2.36 bits per heavy atom. The third-order valence-electron chi connectivity index (χ3n) is 1.78. The zero-order valence-electron chi connectivity index (χ0n) is 8.18. The maximum absolute atomic E-state index is 5.32. The number of rotatable bonds is 6. The molecule has 0 aliphatic heterocycles. The lowest BCUT2D eigenvalue weighted by Gasteiger charge is -2.16. The highest BCUT2D eigenvalue weighted by Gasteiger charge is 2.07. The number of hydrogen-bond acceptors (Lipinski definition) is 2. The maximum atomic E-state index is 5.32. The van der Waals surface area contributed by atoms with Crippen LogP contribution in [0.3, 0.4) is 0 Å². The lowest BCUT2D eigenvalue weighted by Crippen LogP contribution is -2.20. The Kier molecular flexibility index (Phi) is 6.57. The number of methoxy groups -OCH3 is 1. The van der Waals surface area contributed by atoms with Crippen molar-refractivity contribution in [2.24, 2.45) is 5.92 Å². The van der Waals surface area contributed by atoms with E-state index >= 15 is 0 Å². The van der Waals surface area contributed by atoms with Gasteiger partial charge in [0.2, 0.25) is 0 Å². The number of hydrogen-bond donors (Lipinski definition) is 1. The first-order chi connectivity index (χ1) is 5.20. The van der Waals surface area contributed by atoms with Gasteiger partial charge in [-0.15, -0.1) is 0 Å². The molecular weight excluding hydrogens is 138 g/mol. The standard InChI is InChI=1S/C9H21NO/c1-8(2)7-9(11-4)5-6-10-3/h8-10H,5-7H2,1-4H3. The fourth-order valence-corrected chi connectivity index (χ4v) is 1.16. The normalized spacial score (nSPS) is 13.9. The van der Waals surface area contributed by atoms with E-state index in [1.807, 2.05) is 7.05 Å². The lowest BCUT2D eigenvalue weighted by molar-refractivity contribution is 0.0780. The molecule has 0 spiro atoms. The first-order valence-electron chi connectivity index (χ1n) is 4.38. The lowest BCUT2D eigenvalue weighted by atomic mass is 10.0. The van der Waals surface area contributed by atoms with E-state index in [1.54, 1.807) is 7.11 Å². The van der Waals surface area contributed by atoms with Gasteiger partial charge >= 0.3 is 0 Å². The third kappa shape index (κ3) is 6.32. The second kappa shape index (κ2) is 6.62. The molecule has 0 fully saturated rings. The molecule has 1 N–H and O–H groups in total. The minimum absolute atomic E-state index is 0.433. The Hall–Kier alpha value is -0.0800. The minimum atomic E-state index is 0.433. The molecule has 0 rings (SSSR count). The molecule has 0 bridgehead atoms. The molecule has 0 aliphatic rings. The van der Waals surface area contributed by atoms with Crippen molar-refractivity contribution >= 4 is 0 Å². The fourth-order valence-electron chi connectivity index (χ4n) is 1.16. The Labute approximate surface area is 70.3 Å². The first kappa shape index (κ1) is 10.9. The molecule has 1 unspecified atom stereocenters. The van der Waals surface area contributed by atoms with Gasteiger partial charge in [0.1, 0.15) is 0 Å². The summed E-state index contributed by atoms with van der Waals surface area (Å²) in [5, 5.41) is 3.13. The van der Waals surface area contributed by atoms with E-state index in [4.69, 9.17) is 4.74 Å². The number of ether oxygens (including phenoxy) is 1. The van der Waals surface area contributed by atoms with Gasteiger partial charge in [0.15, 0.2) is 0 Å². The van der Waals surface area contributed by atoms with Crippen molar-refractivity contribution in [3.05, 3.63) is 0 Å².